The number of carboxylic acid groups (broad SMARTS) is 1. The molecule has 42 heavy (non-hydrogen) atoms. The molecular weight excluding hydrogens is 550 g/mol. The van der Waals surface area contributed by atoms with E-state index in [1.807, 2.05) is 18.2 Å². The van der Waals surface area contributed by atoms with Crippen molar-refractivity contribution >= 4 is 30.1 Å². The first-order valence-corrected chi connectivity index (χ1v) is 12.9. The SMILES string of the molecule is CC(c1cnn(C[C@H]2NC(=O)[C@H]2NC(=O)OCc2ccccc2)n1)N(C(=O)O)C(=NC(=O)OC(C)(C)C)n1cccn1. The van der Waals surface area contributed by atoms with Gasteiger partial charge in [0.05, 0.1) is 24.8 Å². The molecule has 16 nitrogen and oxygen atoms in total. The number of nitrogens with zero attached hydrogens (tertiary/aromatic N) is 7. The molecule has 1 fully saturated rings. The Morgan fingerprint density at radius 3 is 2.55 bits per heavy atom. The lowest BCUT2D eigenvalue weighted by molar-refractivity contribution is -0.132. The van der Waals surface area contributed by atoms with E-state index in [0.717, 1.165) is 15.1 Å². The van der Waals surface area contributed by atoms with Gasteiger partial charge < -0.3 is 25.2 Å². The zero-order valence-electron chi connectivity index (χ0n) is 23.4. The van der Waals surface area contributed by atoms with Gasteiger partial charge in [0, 0.05) is 12.4 Å². The lowest BCUT2D eigenvalue weighted by Gasteiger charge is -2.36. The van der Waals surface area contributed by atoms with E-state index in [0.29, 0.717) is 0 Å². The van der Waals surface area contributed by atoms with E-state index < -0.39 is 47.9 Å². The molecule has 1 unspecified atom stereocenters. The molecule has 2 aromatic heterocycles. The zero-order valence-corrected chi connectivity index (χ0v) is 23.4. The van der Waals surface area contributed by atoms with Crippen LogP contribution >= 0.6 is 0 Å². The maximum Gasteiger partial charge on any atom is 0.437 e. The highest BCUT2D eigenvalue weighted by Gasteiger charge is 2.41. The molecule has 0 radical (unpaired) electrons. The summed E-state index contributed by atoms with van der Waals surface area (Å²) in [5.41, 5.74) is 0.159. The van der Waals surface area contributed by atoms with Gasteiger partial charge in [0.15, 0.2) is 0 Å². The molecule has 1 saturated heterocycles. The normalized spacial score (nSPS) is 17.4. The van der Waals surface area contributed by atoms with Crippen molar-refractivity contribution in [1.82, 2.24) is 40.3 Å². The zero-order chi connectivity index (χ0) is 30.4. The van der Waals surface area contributed by atoms with Crippen LogP contribution in [0.2, 0.25) is 0 Å². The molecule has 0 aliphatic carbocycles. The minimum absolute atomic E-state index is 0.0471. The van der Waals surface area contributed by atoms with Crippen molar-refractivity contribution in [3.05, 3.63) is 66.2 Å². The molecule has 3 heterocycles. The number of aliphatic imine (C=N–C) groups is 1. The van der Waals surface area contributed by atoms with Gasteiger partial charge in [-0.25, -0.2) is 24.0 Å². The van der Waals surface area contributed by atoms with Crippen LogP contribution in [0.4, 0.5) is 14.4 Å². The van der Waals surface area contributed by atoms with Crippen LogP contribution in [0.1, 0.15) is 45.0 Å². The second-order valence-corrected chi connectivity index (χ2v) is 10.3. The van der Waals surface area contributed by atoms with Crippen LogP contribution in [0.3, 0.4) is 0 Å². The Bertz CT molecular complexity index is 1450. The molecule has 3 aromatic rings. The molecule has 1 aliphatic heterocycles. The Balaban J connectivity index is 1.44. The average Bonchev–Trinajstić information content (AvgIpc) is 3.62. The topological polar surface area (TPSA) is 195 Å². The summed E-state index contributed by atoms with van der Waals surface area (Å²) in [5.74, 6) is -0.718. The minimum atomic E-state index is -1.43. The molecule has 3 atom stereocenters. The molecular formula is C26H31N9O7. The van der Waals surface area contributed by atoms with Crippen molar-refractivity contribution in [1.29, 1.82) is 0 Å². The van der Waals surface area contributed by atoms with Gasteiger partial charge in [0.1, 0.15) is 23.9 Å². The van der Waals surface area contributed by atoms with Crippen molar-refractivity contribution < 1.29 is 33.8 Å². The van der Waals surface area contributed by atoms with Crippen LogP contribution in [0, 0.1) is 0 Å². The molecule has 222 valence electrons. The van der Waals surface area contributed by atoms with Crippen LogP contribution in [0.25, 0.3) is 0 Å². The second-order valence-electron chi connectivity index (χ2n) is 10.3. The number of alkyl carbamates (subject to hydrolysis) is 1. The number of hydrogen-bond donors (Lipinski definition) is 3. The molecule has 4 rings (SSSR count). The maximum absolute atomic E-state index is 12.5. The summed E-state index contributed by atoms with van der Waals surface area (Å²) in [4.78, 5) is 55.2. The van der Waals surface area contributed by atoms with Gasteiger partial charge in [-0.3, -0.25) is 4.79 Å². The smallest absolute Gasteiger partial charge is 0.437 e. The minimum Gasteiger partial charge on any atom is -0.465 e. The van der Waals surface area contributed by atoms with E-state index >= 15 is 0 Å². The van der Waals surface area contributed by atoms with Crippen LogP contribution < -0.4 is 10.6 Å². The number of rotatable bonds is 7. The molecule has 1 aromatic carbocycles. The largest absolute Gasteiger partial charge is 0.465 e. The van der Waals surface area contributed by atoms with Crippen LogP contribution in [0.5, 0.6) is 0 Å². The fourth-order valence-corrected chi connectivity index (χ4v) is 3.94. The van der Waals surface area contributed by atoms with E-state index in [1.165, 1.54) is 30.3 Å². The van der Waals surface area contributed by atoms with Gasteiger partial charge in [-0.15, -0.1) is 4.99 Å². The number of nitrogens with one attached hydrogen (secondary N) is 2. The van der Waals surface area contributed by atoms with Crippen LogP contribution in [-0.2, 0) is 27.4 Å². The fraction of sp³-hybridized carbons (Fsp3) is 0.385. The summed E-state index contributed by atoms with van der Waals surface area (Å²) in [7, 11) is 0. The van der Waals surface area contributed by atoms with Gasteiger partial charge in [-0.2, -0.15) is 20.1 Å². The van der Waals surface area contributed by atoms with Crippen molar-refractivity contribution in [3.63, 3.8) is 0 Å². The summed E-state index contributed by atoms with van der Waals surface area (Å²) < 4.78 is 11.6. The lowest BCUT2D eigenvalue weighted by atomic mass is 9.99. The van der Waals surface area contributed by atoms with E-state index in [1.54, 1.807) is 39.0 Å². The Kier molecular flexibility index (Phi) is 8.83. The number of hydrogen-bond acceptors (Lipinski definition) is 9. The highest BCUT2D eigenvalue weighted by Crippen LogP contribution is 2.20. The van der Waals surface area contributed by atoms with Gasteiger partial charge in [0.25, 0.3) is 0 Å². The van der Waals surface area contributed by atoms with E-state index in [2.05, 4.69) is 30.9 Å². The first-order valence-electron chi connectivity index (χ1n) is 12.9. The van der Waals surface area contributed by atoms with E-state index in [-0.39, 0.29) is 24.8 Å². The maximum atomic E-state index is 12.5. The van der Waals surface area contributed by atoms with Gasteiger partial charge in [-0.05, 0) is 39.3 Å². The number of amides is 4. The Hall–Kier alpha value is -5.28. The average molecular weight is 582 g/mol. The number of β-lactam (4-membered cyclic amide) rings is 1. The predicted octanol–water partition coefficient (Wildman–Crippen LogP) is 2.15. The first kappa shape index (κ1) is 29.7. The summed E-state index contributed by atoms with van der Waals surface area (Å²) in [6.07, 6.45) is 1.00. The second kappa shape index (κ2) is 12.5. The van der Waals surface area contributed by atoms with Gasteiger partial charge in [-0.1, -0.05) is 30.3 Å². The molecule has 3 N–H and O–H groups in total. The molecule has 0 saturated carbocycles. The summed E-state index contributed by atoms with van der Waals surface area (Å²) >= 11 is 0. The number of carbonyl (C=O) groups excluding carboxylic acids is 3. The fourth-order valence-electron chi connectivity index (χ4n) is 3.94. The van der Waals surface area contributed by atoms with Crippen molar-refractivity contribution in [2.24, 2.45) is 4.99 Å². The molecule has 4 amide bonds. The Morgan fingerprint density at radius 2 is 1.93 bits per heavy atom. The monoisotopic (exact) mass is 581 g/mol. The summed E-state index contributed by atoms with van der Waals surface area (Å²) in [6.45, 7) is 6.62. The Morgan fingerprint density at radius 1 is 1.19 bits per heavy atom. The molecule has 1 aliphatic rings. The lowest BCUT2D eigenvalue weighted by Crippen LogP contribution is -2.70. The van der Waals surface area contributed by atoms with Crippen molar-refractivity contribution in [2.75, 3.05) is 0 Å². The quantitative estimate of drug-likeness (QED) is 0.211. The number of carbonyl (C=O) groups is 4. The van der Waals surface area contributed by atoms with Gasteiger partial charge in [0.2, 0.25) is 11.9 Å². The predicted molar refractivity (Wildman–Crippen MR) is 145 cm³/mol. The standard InChI is InChI=1S/C26H31N9O7/c1-16(35(25(39)40)22(33-12-8-11-27-33)31-24(38)42-26(2,3)4)18-13-28-34(32-18)14-19-20(21(36)29-19)30-23(37)41-15-17-9-6-5-7-10-17/h5-13,16,19-20H,14-15H2,1-4H3,(H,29,36)(H,30,37)(H,39,40)/t16?,19-,20+/m1/s1. The molecule has 0 bridgehead atoms. The van der Waals surface area contributed by atoms with E-state index in [9.17, 15) is 24.3 Å². The highest BCUT2D eigenvalue weighted by molar-refractivity contribution is 5.99. The molecule has 16 heteroatoms. The first-order chi connectivity index (χ1) is 19.9. The Labute approximate surface area is 240 Å². The third kappa shape index (κ3) is 7.47. The third-order valence-corrected chi connectivity index (χ3v) is 5.94. The third-order valence-electron chi connectivity index (χ3n) is 5.94. The van der Waals surface area contributed by atoms with Crippen LogP contribution in [0.15, 0.2) is 60.0 Å². The van der Waals surface area contributed by atoms with E-state index in [4.69, 9.17) is 9.47 Å². The summed E-state index contributed by atoms with van der Waals surface area (Å²) in [6, 6.07) is 8.25. The van der Waals surface area contributed by atoms with Gasteiger partial charge >= 0.3 is 18.3 Å². The summed E-state index contributed by atoms with van der Waals surface area (Å²) in [5, 5.41) is 27.9. The number of ether oxygens (including phenoxy) is 2. The van der Waals surface area contributed by atoms with Crippen molar-refractivity contribution in [3.8, 4) is 0 Å². The van der Waals surface area contributed by atoms with Crippen LogP contribution in [-0.4, -0.2) is 82.6 Å². The van der Waals surface area contributed by atoms with Crippen molar-refractivity contribution in [2.45, 2.75) is 64.6 Å². The highest BCUT2D eigenvalue weighted by atomic mass is 16.6. The number of benzene rings is 1. The number of aromatic nitrogens is 5. The molecule has 0 spiro atoms.